The Hall–Kier alpha value is -2.41. The molecule has 0 radical (unpaired) electrons. The zero-order valence-electron chi connectivity index (χ0n) is 15.2. The van der Waals surface area contributed by atoms with Gasteiger partial charge in [0.15, 0.2) is 0 Å². The number of aromatic nitrogens is 3. The highest BCUT2D eigenvalue weighted by molar-refractivity contribution is 9.10. The number of nitrogens with zero attached hydrogens (tertiary/aromatic N) is 3. The topological polar surface area (TPSA) is 79.5 Å². The van der Waals surface area contributed by atoms with Gasteiger partial charge in [0.05, 0.1) is 5.69 Å². The van der Waals surface area contributed by atoms with Gasteiger partial charge in [-0.25, -0.2) is 4.98 Å². The van der Waals surface area contributed by atoms with Crippen molar-refractivity contribution in [2.45, 2.75) is 45.1 Å². The number of carboxylic acid groups (broad SMARTS) is 1. The quantitative estimate of drug-likeness (QED) is 0.611. The van der Waals surface area contributed by atoms with Crippen LogP contribution >= 0.6 is 15.9 Å². The maximum Gasteiger partial charge on any atom is 0.300 e. The van der Waals surface area contributed by atoms with Gasteiger partial charge in [-0.15, -0.1) is 0 Å². The number of halogens is 1. The van der Waals surface area contributed by atoms with Crippen LogP contribution in [0.1, 0.15) is 39.0 Å². The van der Waals surface area contributed by atoms with Gasteiger partial charge in [0.2, 0.25) is 0 Å². The van der Waals surface area contributed by atoms with Crippen LogP contribution in [0.2, 0.25) is 0 Å². The van der Waals surface area contributed by atoms with Crippen LogP contribution in [0.15, 0.2) is 47.2 Å². The molecule has 0 spiro atoms. The fraction of sp³-hybridized carbons (Fsp3) is 0.350. The van der Waals surface area contributed by atoms with Crippen LogP contribution in [0.25, 0.3) is 17.0 Å². The Morgan fingerprint density at radius 3 is 2.63 bits per heavy atom. The van der Waals surface area contributed by atoms with E-state index in [1.54, 1.807) is 0 Å². The lowest BCUT2D eigenvalue weighted by atomic mass is 9.95. The van der Waals surface area contributed by atoms with Gasteiger partial charge in [-0.1, -0.05) is 25.3 Å². The number of fused-ring (bicyclic) bond motifs is 1. The normalized spacial score (nSPS) is 14.4. The molecule has 7 heteroatoms. The smallest absolute Gasteiger partial charge is 0.300 e. The van der Waals surface area contributed by atoms with E-state index in [1.165, 1.54) is 32.1 Å². The Balaban J connectivity index is 0.000000481. The molecule has 1 fully saturated rings. The predicted octanol–water partition coefficient (Wildman–Crippen LogP) is 4.99. The molecule has 3 aromatic rings. The predicted molar refractivity (Wildman–Crippen MR) is 110 cm³/mol. The number of nitrogens with one attached hydrogen (secondary N) is 1. The van der Waals surface area contributed by atoms with Crippen LogP contribution < -0.4 is 5.32 Å². The second kappa shape index (κ2) is 8.99. The Morgan fingerprint density at radius 2 is 1.96 bits per heavy atom. The number of rotatable bonds is 3. The second-order valence-electron chi connectivity index (χ2n) is 6.60. The highest BCUT2D eigenvalue weighted by Gasteiger charge is 2.20. The third-order valence-electron chi connectivity index (χ3n) is 4.44. The summed E-state index contributed by atoms with van der Waals surface area (Å²) >= 11 is 3.57. The lowest BCUT2D eigenvalue weighted by molar-refractivity contribution is -0.134. The molecule has 6 nitrogen and oxygen atoms in total. The molecule has 1 aliphatic carbocycles. The first-order valence-electron chi connectivity index (χ1n) is 9.09. The summed E-state index contributed by atoms with van der Waals surface area (Å²) in [7, 11) is 0. The van der Waals surface area contributed by atoms with Gasteiger partial charge >= 0.3 is 0 Å². The summed E-state index contributed by atoms with van der Waals surface area (Å²) in [4.78, 5) is 18.3. The number of hydrogen-bond acceptors (Lipinski definition) is 4. The molecule has 0 bridgehead atoms. The molecule has 4 rings (SSSR count). The van der Waals surface area contributed by atoms with Crippen molar-refractivity contribution in [3.05, 3.63) is 47.2 Å². The number of carbonyl (C=O) groups is 1. The zero-order valence-corrected chi connectivity index (χ0v) is 16.8. The lowest BCUT2D eigenvalue weighted by Gasteiger charge is -2.24. The SMILES string of the molecule is Brc1ccc2nc(-c3ccccn3)c(NC3CCCCC3)n2c1.CC(=O)O. The highest BCUT2D eigenvalue weighted by atomic mass is 79.9. The molecule has 27 heavy (non-hydrogen) atoms. The first kappa shape index (κ1) is 19.4. The van der Waals surface area contributed by atoms with E-state index in [2.05, 4.69) is 36.8 Å². The molecule has 0 aromatic carbocycles. The number of anilines is 1. The Morgan fingerprint density at radius 1 is 1.22 bits per heavy atom. The van der Waals surface area contributed by atoms with Crippen molar-refractivity contribution in [3.63, 3.8) is 0 Å². The van der Waals surface area contributed by atoms with Crippen molar-refractivity contribution in [3.8, 4) is 11.4 Å². The molecule has 2 N–H and O–H groups in total. The summed E-state index contributed by atoms with van der Waals surface area (Å²) in [6, 6.07) is 10.5. The van der Waals surface area contributed by atoms with Crippen molar-refractivity contribution in [2.24, 2.45) is 0 Å². The van der Waals surface area contributed by atoms with Crippen LogP contribution in [0.3, 0.4) is 0 Å². The number of carboxylic acids is 1. The zero-order chi connectivity index (χ0) is 19.2. The van der Waals surface area contributed by atoms with E-state index in [1.807, 2.05) is 36.5 Å². The fourth-order valence-electron chi connectivity index (χ4n) is 3.28. The van der Waals surface area contributed by atoms with Crippen LogP contribution in [0.5, 0.6) is 0 Å². The van der Waals surface area contributed by atoms with Crippen molar-refractivity contribution in [1.82, 2.24) is 14.4 Å². The van der Waals surface area contributed by atoms with Gasteiger partial charge < -0.3 is 10.4 Å². The average molecular weight is 431 g/mol. The van der Waals surface area contributed by atoms with Crippen LogP contribution in [0.4, 0.5) is 5.82 Å². The summed E-state index contributed by atoms with van der Waals surface area (Å²) < 4.78 is 3.17. The molecule has 1 aliphatic rings. The van der Waals surface area contributed by atoms with Crippen molar-refractivity contribution < 1.29 is 9.90 Å². The van der Waals surface area contributed by atoms with Gasteiger partial charge in [-0.2, -0.15) is 0 Å². The first-order chi connectivity index (χ1) is 13.0. The summed E-state index contributed by atoms with van der Waals surface area (Å²) in [6.07, 6.45) is 10.3. The minimum atomic E-state index is -0.833. The summed E-state index contributed by atoms with van der Waals surface area (Å²) in [5, 5.41) is 11.2. The number of aliphatic carboxylic acids is 1. The number of hydrogen-bond donors (Lipinski definition) is 2. The number of pyridine rings is 2. The molecule has 0 atom stereocenters. The van der Waals surface area contributed by atoms with E-state index in [4.69, 9.17) is 14.9 Å². The van der Waals surface area contributed by atoms with Crippen LogP contribution in [0, 0.1) is 0 Å². The number of imidazole rings is 1. The third-order valence-corrected chi connectivity index (χ3v) is 4.91. The molecule has 0 saturated heterocycles. The first-order valence-corrected chi connectivity index (χ1v) is 9.89. The Labute approximate surface area is 166 Å². The largest absolute Gasteiger partial charge is 0.481 e. The van der Waals surface area contributed by atoms with Gasteiger partial charge in [-0.05, 0) is 53.0 Å². The minimum Gasteiger partial charge on any atom is -0.481 e. The monoisotopic (exact) mass is 430 g/mol. The maximum atomic E-state index is 9.00. The molecule has 1 saturated carbocycles. The molecule has 142 valence electrons. The Kier molecular flexibility index (Phi) is 6.45. The third kappa shape index (κ3) is 5.07. The standard InChI is InChI=1S/C18H19BrN4.C2H4O2/c19-13-9-10-16-22-17(15-8-4-5-11-20-15)18(23(16)12-13)21-14-6-2-1-3-7-14;1-2(3)4/h4-5,8-12,14,21H,1-3,6-7H2;1H3,(H,3,4). The molecule has 0 amide bonds. The van der Waals surface area contributed by atoms with E-state index in [-0.39, 0.29) is 0 Å². The molecule has 0 aliphatic heterocycles. The van der Waals surface area contributed by atoms with Gasteiger partial charge in [0.25, 0.3) is 5.97 Å². The van der Waals surface area contributed by atoms with Gasteiger partial charge in [-0.3, -0.25) is 14.2 Å². The van der Waals surface area contributed by atoms with E-state index in [0.29, 0.717) is 6.04 Å². The van der Waals surface area contributed by atoms with Crippen molar-refractivity contribution >= 4 is 33.4 Å². The van der Waals surface area contributed by atoms with E-state index in [9.17, 15) is 0 Å². The fourth-order valence-corrected chi connectivity index (χ4v) is 3.62. The average Bonchev–Trinajstić information content (AvgIpc) is 3.01. The summed E-state index contributed by atoms with van der Waals surface area (Å²) in [5.74, 6) is 0.215. The molecule has 3 aromatic heterocycles. The minimum absolute atomic E-state index is 0.519. The second-order valence-corrected chi connectivity index (χ2v) is 7.51. The molecule has 3 heterocycles. The van der Waals surface area contributed by atoms with E-state index < -0.39 is 5.97 Å². The maximum absolute atomic E-state index is 9.00. The molecular weight excluding hydrogens is 408 g/mol. The highest BCUT2D eigenvalue weighted by Crippen LogP contribution is 2.31. The van der Waals surface area contributed by atoms with Crippen molar-refractivity contribution in [1.29, 1.82) is 0 Å². The van der Waals surface area contributed by atoms with Crippen LogP contribution in [-0.2, 0) is 4.79 Å². The van der Waals surface area contributed by atoms with Crippen LogP contribution in [-0.4, -0.2) is 31.5 Å². The van der Waals surface area contributed by atoms with E-state index >= 15 is 0 Å². The van der Waals surface area contributed by atoms with E-state index in [0.717, 1.165) is 34.2 Å². The summed E-state index contributed by atoms with van der Waals surface area (Å²) in [6.45, 7) is 1.08. The Bertz CT molecular complexity index is 901. The molecule has 0 unspecified atom stereocenters. The lowest BCUT2D eigenvalue weighted by Crippen LogP contribution is -2.23. The summed E-state index contributed by atoms with van der Waals surface area (Å²) in [5.41, 5.74) is 2.77. The van der Waals surface area contributed by atoms with Gasteiger partial charge in [0, 0.05) is 29.8 Å². The van der Waals surface area contributed by atoms with Gasteiger partial charge in [0.1, 0.15) is 17.2 Å². The molecular formula is C20H23BrN4O2. The van der Waals surface area contributed by atoms with Crippen molar-refractivity contribution in [2.75, 3.05) is 5.32 Å².